The van der Waals surface area contributed by atoms with Gasteiger partial charge in [-0.2, -0.15) is 11.8 Å². The van der Waals surface area contributed by atoms with Gasteiger partial charge in [0.1, 0.15) is 0 Å². The number of nitrogens with one attached hydrogen (secondary N) is 1. The summed E-state index contributed by atoms with van der Waals surface area (Å²) in [6.07, 6.45) is 3.85. The Morgan fingerprint density at radius 1 is 1.19 bits per heavy atom. The average molecular weight is 370 g/mol. The Bertz CT molecular complexity index is 732. The number of rotatable bonds is 8. The number of carbonyl (C=O) groups is 1. The van der Waals surface area contributed by atoms with Crippen LogP contribution in [-0.2, 0) is 24.3 Å². The number of nitrogens with two attached hydrogens (primary N) is 1. The van der Waals surface area contributed by atoms with Crippen LogP contribution < -0.4 is 16.0 Å². The summed E-state index contributed by atoms with van der Waals surface area (Å²) >= 11 is 1.71. The summed E-state index contributed by atoms with van der Waals surface area (Å²) in [5.41, 5.74) is 11.1. The fourth-order valence-corrected chi connectivity index (χ4v) is 3.74. The summed E-state index contributed by atoms with van der Waals surface area (Å²) < 4.78 is 0. The lowest BCUT2D eigenvalue weighted by atomic mass is 10.1. The van der Waals surface area contributed by atoms with Crippen LogP contribution in [0.25, 0.3) is 0 Å². The topological polar surface area (TPSA) is 58.4 Å². The summed E-state index contributed by atoms with van der Waals surface area (Å²) in [6, 6.07) is 16.7. The molecule has 138 valence electrons. The number of carbonyl (C=O) groups excluding carboxylic acids is 1. The number of amides is 1. The van der Waals surface area contributed by atoms with Crippen molar-refractivity contribution in [3.8, 4) is 0 Å². The van der Waals surface area contributed by atoms with Gasteiger partial charge in [0.2, 0.25) is 5.91 Å². The summed E-state index contributed by atoms with van der Waals surface area (Å²) in [5.74, 6) is 0.833. The number of nitrogens with zero attached hydrogens (tertiary/aromatic N) is 1. The molecular weight excluding hydrogens is 342 g/mol. The van der Waals surface area contributed by atoms with Crippen LogP contribution in [0.3, 0.4) is 0 Å². The highest BCUT2D eigenvalue weighted by atomic mass is 32.2. The van der Waals surface area contributed by atoms with Crippen LogP contribution in [-0.4, -0.2) is 30.5 Å². The SMILES string of the molecule is CSCCC(N)C(=O)NCc1ccc(CN2CCc3ccccc32)cc1. The van der Waals surface area contributed by atoms with Crippen LogP contribution >= 0.6 is 11.8 Å². The zero-order valence-corrected chi connectivity index (χ0v) is 16.1. The zero-order chi connectivity index (χ0) is 18.4. The first-order chi connectivity index (χ1) is 12.7. The summed E-state index contributed by atoms with van der Waals surface area (Å²) in [7, 11) is 0. The van der Waals surface area contributed by atoms with Crippen molar-refractivity contribution in [3.63, 3.8) is 0 Å². The molecule has 3 N–H and O–H groups in total. The first-order valence-corrected chi connectivity index (χ1v) is 10.5. The Kier molecular flexibility index (Phi) is 6.58. The average Bonchev–Trinajstić information content (AvgIpc) is 3.08. The second-order valence-corrected chi connectivity index (χ2v) is 7.71. The molecular formula is C21H27N3OS. The van der Waals surface area contributed by atoms with Gasteiger partial charge < -0.3 is 16.0 Å². The third-order valence-electron chi connectivity index (χ3n) is 4.82. The van der Waals surface area contributed by atoms with E-state index in [2.05, 4.69) is 58.7 Å². The lowest BCUT2D eigenvalue weighted by Gasteiger charge is -2.19. The third-order valence-corrected chi connectivity index (χ3v) is 5.46. The maximum atomic E-state index is 12.0. The van der Waals surface area contributed by atoms with Gasteiger partial charge in [-0.25, -0.2) is 0 Å². The molecule has 1 amide bonds. The molecule has 0 aromatic heterocycles. The Morgan fingerprint density at radius 2 is 1.92 bits per heavy atom. The van der Waals surface area contributed by atoms with Gasteiger partial charge in [0.25, 0.3) is 0 Å². The second kappa shape index (κ2) is 9.10. The van der Waals surface area contributed by atoms with Crippen molar-refractivity contribution < 1.29 is 4.79 Å². The number of fused-ring (bicyclic) bond motifs is 1. The fourth-order valence-electron chi connectivity index (χ4n) is 3.25. The molecule has 5 heteroatoms. The highest BCUT2D eigenvalue weighted by Crippen LogP contribution is 2.28. The van der Waals surface area contributed by atoms with E-state index in [1.165, 1.54) is 16.8 Å². The van der Waals surface area contributed by atoms with Crippen molar-refractivity contribution in [2.75, 3.05) is 23.5 Å². The van der Waals surface area contributed by atoms with E-state index in [1.807, 2.05) is 6.26 Å². The highest BCUT2D eigenvalue weighted by Gasteiger charge is 2.18. The number of benzene rings is 2. The summed E-state index contributed by atoms with van der Waals surface area (Å²) in [5, 5.41) is 2.93. The van der Waals surface area contributed by atoms with Crippen LogP contribution in [0.15, 0.2) is 48.5 Å². The van der Waals surface area contributed by atoms with E-state index in [0.29, 0.717) is 13.0 Å². The largest absolute Gasteiger partial charge is 0.367 e. The molecule has 0 bridgehead atoms. The van der Waals surface area contributed by atoms with Gasteiger partial charge >= 0.3 is 0 Å². The molecule has 0 saturated heterocycles. The van der Waals surface area contributed by atoms with Gasteiger partial charge in [-0.15, -0.1) is 0 Å². The van der Waals surface area contributed by atoms with Gasteiger partial charge in [0.05, 0.1) is 6.04 Å². The van der Waals surface area contributed by atoms with Crippen molar-refractivity contribution in [3.05, 3.63) is 65.2 Å². The van der Waals surface area contributed by atoms with Gasteiger partial charge in [-0.3, -0.25) is 4.79 Å². The van der Waals surface area contributed by atoms with E-state index >= 15 is 0 Å². The summed E-state index contributed by atoms with van der Waals surface area (Å²) in [4.78, 5) is 14.4. The summed E-state index contributed by atoms with van der Waals surface area (Å²) in [6.45, 7) is 2.52. The second-order valence-electron chi connectivity index (χ2n) is 6.72. The lowest BCUT2D eigenvalue weighted by Crippen LogP contribution is -2.40. The zero-order valence-electron chi connectivity index (χ0n) is 15.3. The minimum absolute atomic E-state index is 0.0724. The Balaban J connectivity index is 1.51. The molecule has 1 aliphatic heterocycles. The Labute approximate surface area is 160 Å². The lowest BCUT2D eigenvalue weighted by molar-refractivity contribution is -0.122. The molecule has 0 fully saturated rings. The van der Waals surface area contributed by atoms with Gasteiger partial charge in [-0.05, 0) is 47.6 Å². The number of para-hydroxylation sites is 1. The maximum absolute atomic E-state index is 12.0. The van der Waals surface area contributed by atoms with Crippen LogP contribution in [0.4, 0.5) is 5.69 Å². The normalized spacial score (nSPS) is 14.2. The van der Waals surface area contributed by atoms with Gasteiger partial charge in [0, 0.05) is 25.3 Å². The number of hydrogen-bond acceptors (Lipinski definition) is 4. The predicted octanol–water partition coefficient (Wildman–Crippen LogP) is 2.95. The van der Waals surface area contributed by atoms with E-state index < -0.39 is 6.04 Å². The first-order valence-electron chi connectivity index (χ1n) is 9.10. The standard InChI is InChI=1S/C21H27N3OS/c1-26-13-11-19(22)21(25)23-14-16-6-8-17(9-7-16)15-24-12-10-18-4-2-3-5-20(18)24/h2-9,19H,10-15,22H2,1H3,(H,23,25). The molecule has 1 aliphatic rings. The van der Waals surface area contributed by atoms with E-state index in [9.17, 15) is 4.79 Å². The Hall–Kier alpha value is -1.98. The van der Waals surface area contributed by atoms with E-state index in [-0.39, 0.29) is 5.91 Å². The van der Waals surface area contributed by atoms with Crippen molar-refractivity contribution in [2.24, 2.45) is 5.73 Å². The highest BCUT2D eigenvalue weighted by molar-refractivity contribution is 7.98. The van der Waals surface area contributed by atoms with Crippen LogP contribution in [0.1, 0.15) is 23.1 Å². The van der Waals surface area contributed by atoms with Crippen LogP contribution in [0, 0.1) is 0 Å². The van der Waals surface area contributed by atoms with Crippen molar-refractivity contribution >= 4 is 23.4 Å². The van der Waals surface area contributed by atoms with E-state index in [1.54, 1.807) is 11.8 Å². The quantitative estimate of drug-likeness (QED) is 0.751. The first kappa shape index (κ1) is 18.8. The number of hydrogen-bond donors (Lipinski definition) is 2. The van der Waals surface area contributed by atoms with E-state index in [0.717, 1.165) is 30.8 Å². The number of anilines is 1. The molecule has 0 saturated carbocycles. The molecule has 1 atom stereocenters. The minimum atomic E-state index is -0.419. The fraction of sp³-hybridized carbons (Fsp3) is 0.381. The monoisotopic (exact) mass is 369 g/mol. The molecule has 0 aliphatic carbocycles. The molecule has 2 aromatic carbocycles. The Morgan fingerprint density at radius 3 is 2.69 bits per heavy atom. The van der Waals surface area contributed by atoms with E-state index in [4.69, 9.17) is 5.73 Å². The van der Waals surface area contributed by atoms with Crippen molar-refractivity contribution in [1.29, 1.82) is 0 Å². The molecule has 1 heterocycles. The molecule has 4 nitrogen and oxygen atoms in total. The van der Waals surface area contributed by atoms with Crippen LogP contribution in [0.5, 0.6) is 0 Å². The molecule has 2 aromatic rings. The number of thioether (sulfide) groups is 1. The molecule has 0 spiro atoms. The molecule has 3 rings (SSSR count). The maximum Gasteiger partial charge on any atom is 0.237 e. The molecule has 1 unspecified atom stereocenters. The van der Waals surface area contributed by atoms with Gasteiger partial charge in [-0.1, -0.05) is 42.5 Å². The van der Waals surface area contributed by atoms with Gasteiger partial charge in [0.15, 0.2) is 0 Å². The predicted molar refractivity (Wildman–Crippen MR) is 110 cm³/mol. The third kappa shape index (κ3) is 4.80. The molecule has 0 radical (unpaired) electrons. The van der Waals surface area contributed by atoms with Crippen LogP contribution in [0.2, 0.25) is 0 Å². The molecule has 26 heavy (non-hydrogen) atoms. The smallest absolute Gasteiger partial charge is 0.237 e. The van der Waals surface area contributed by atoms with Crippen molar-refractivity contribution in [2.45, 2.75) is 32.0 Å². The van der Waals surface area contributed by atoms with Crippen molar-refractivity contribution in [1.82, 2.24) is 5.32 Å². The minimum Gasteiger partial charge on any atom is -0.367 e.